The normalized spacial score (nSPS) is 14.6. The Kier molecular flexibility index (Phi) is 11.7. The maximum Gasteiger partial charge on any atom is 0.328 e. The van der Waals surface area contributed by atoms with Gasteiger partial charge in [-0.1, -0.05) is 13.8 Å². The molecule has 0 aromatic carbocycles. The Bertz CT molecular complexity index is 698. The maximum absolute atomic E-state index is 12.7. The van der Waals surface area contributed by atoms with Gasteiger partial charge in [0.15, 0.2) is 0 Å². The zero-order valence-electron chi connectivity index (χ0n) is 17.3. The van der Waals surface area contributed by atoms with E-state index < -0.39 is 78.6 Å². The van der Waals surface area contributed by atoms with Crippen molar-refractivity contribution >= 4 is 35.5 Å². The van der Waals surface area contributed by atoms with Gasteiger partial charge in [-0.2, -0.15) is 0 Å². The van der Waals surface area contributed by atoms with Crippen LogP contribution in [0.2, 0.25) is 0 Å². The average molecular weight is 446 g/mol. The molecule has 4 unspecified atom stereocenters. The van der Waals surface area contributed by atoms with Crippen molar-refractivity contribution in [1.82, 2.24) is 16.0 Å². The Morgan fingerprint density at radius 1 is 0.839 bits per heavy atom. The molecule has 14 nitrogen and oxygen atoms in total. The summed E-state index contributed by atoms with van der Waals surface area (Å²) in [6.07, 6.45) is -1.01. The van der Waals surface area contributed by atoms with Crippen LogP contribution >= 0.6 is 0 Å². The van der Waals surface area contributed by atoms with Gasteiger partial charge in [0.05, 0.1) is 19.1 Å². The van der Waals surface area contributed by atoms with Gasteiger partial charge in [-0.25, -0.2) is 4.79 Å². The largest absolute Gasteiger partial charge is 0.480 e. The Hall–Kier alpha value is -3.26. The third-order valence-corrected chi connectivity index (χ3v) is 4.11. The number of rotatable bonds is 14. The molecule has 0 fully saturated rings. The second kappa shape index (κ2) is 13.1. The molecule has 0 saturated carbocycles. The topological polar surface area (TPSA) is 257 Å². The number of carbonyl (C=O) groups is 6. The lowest BCUT2D eigenvalue weighted by molar-refractivity contribution is -0.143. The summed E-state index contributed by atoms with van der Waals surface area (Å²) in [5, 5.41) is 24.7. The minimum atomic E-state index is -1.63. The lowest BCUT2D eigenvalue weighted by atomic mass is 10.0. The second-order valence-corrected chi connectivity index (χ2v) is 7.16. The molecule has 0 saturated heterocycles. The van der Waals surface area contributed by atoms with Crippen molar-refractivity contribution in [3.63, 3.8) is 0 Å². The molecule has 0 aliphatic heterocycles. The monoisotopic (exact) mass is 446 g/mol. The molecule has 0 aliphatic rings. The van der Waals surface area contributed by atoms with Crippen LogP contribution in [0, 0.1) is 5.92 Å². The van der Waals surface area contributed by atoms with E-state index in [0.717, 1.165) is 0 Å². The number of aliphatic carboxylic acids is 1. The Morgan fingerprint density at radius 2 is 1.39 bits per heavy atom. The van der Waals surface area contributed by atoms with E-state index >= 15 is 0 Å². The molecule has 11 N–H and O–H groups in total. The highest BCUT2D eigenvalue weighted by Gasteiger charge is 2.31. The number of aliphatic hydroxyl groups excluding tert-OH is 1. The first-order chi connectivity index (χ1) is 14.3. The van der Waals surface area contributed by atoms with Crippen LogP contribution in [0.3, 0.4) is 0 Å². The Morgan fingerprint density at radius 3 is 1.81 bits per heavy atom. The van der Waals surface area contributed by atoms with Gasteiger partial charge < -0.3 is 43.4 Å². The van der Waals surface area contributed by atoms with Gasteiger partial charge in [-0.15, -0.1) is 0 Å². The highest BCUT2D eigenvalue weighted by molar-refractivity contribution is 5.95. The van der Waals surface area contributed by atoms with Crippen LogP contribution < -0.4 is 33.2 Å². The SMILES string of the molecule is CC(C)C(NC(=O)C(N)CC(N)=O)C(=O)NC(CCC(N)=O)C(=O)NC(CO)C(=O)O. The van der Waals surface area contributed by atoms with Gasteiger partial charge in [0, 0.05) is 6.42 Å². The van der Waals surface area contributed by atoms with Gasteiger partial charge in [0.2, 0.25) is 29.5 Å². The number of nitrogens with two attached hydrogens (primary N) is 3. The minimum Gasteiger partial charge on any atom is -0.480 e. The van der Waals surface area contributed by atoms with Gasteiger partial charge >= 0.3 is 5.97 Å². The number of hydrogen-bond acceptors (Lipinski definition) is 8. The average Bonchev–Trinajstić information content (AvgIpc) is 2.65. The van der Waals surface area contributed by atoms with Crippen LogP contribution in [-0.2, 0) is 28.8 Å². The number of carboxylic acid groups (broad SMARTS) is 1. The molecule has 0 bridgehead atoms. The van der Waals surface area contributed by atoms with Crippen LogP contribution in [0.5, 0.6) is 0 Å². The van der Waals surface area contributed by atoms with E-state index in [2.05, 4.69) is 10.6 Å². The standard InChI is InChI=1S/C17H30N6O8/c1-7(2)13(23-14(27)8(18)5-12(20)26)16(29)21-9(3-4-11(19)25)15(28)22-10(6-24)17(30)31/h7-10,13,24H,3-6,18H2,1-2H3,(H2,19,25)(H2,20,26)(H,21,29)(H,22,28)(H,23,27)(H,30,31). The molecule has 0 spiro atoms. The summed E-state index contributed by atoms with van der Waals surface area (Å²) in [4.78, 5) is 70.2. The fraction of sp³-hybridized carbons (Fsp3) is 0.647. The second-order valence-electron chi connectivity index (χ2n) is 7.16. The Balaban J connectivity index is 5.41. The van der Waals surface area contributed by atoms with Crippen molar-refractivity contribution in [3.05, 3.63) is 0 Å². The fourth-order valence-electron chi connectivity index (χ4n) is 2.38. The summed E-state index contributed by atoms with van der Waals surface area (Å²) in [6.45, 7) is 2.28. The first kappa shape index (κ1) is 27.7. The maximum atomic E-state index is 12.7. The first-order valence-corrected chi connectivity index (χ1v) is 9.37. The van der Waals surface area contributed by atoms with E-state index in [-0.39, 0.29) is 12.8 Å². The van der Waals surface area contributed by atoms with E-state index in [4.69, 9.17) is 27.4 Å². The van der Waals surface area contributed by atoms with Gasteiger partial charge in [0.25, 0.3) is 0 Å². The van der Waals surface area contributed by atoms with Gasteiger partial charge in [-0.05, 0) is 12.3 Å². The summed E-state index contributed by atoms with van der Waals surface area (Å²) in [5.74, 6) is -6.19. The molecule has 31 heavy (non-hydrogen) atoms. The van der Waals surface area contributed by atoms with Crippen molar-refractivity contribution < 1.29 is 39.0 Å². The van der Waals surface area contributed by atoms with Gasteiger partial charge in [0.1, 0.15) is 18.1 Å². The van der Waals surface area contributed by atoms with Crippen LogP contribution in [0.1, 0.15) is 33.1 Å². The van der Waals surface area contributed by atoms with Crippen molar-refractivity contribution in [2.75, 3.05) is 6.61 Å². The van der Waals surface area contributed by atoms with Crippen LogP contribution in [-0.4, -0.2) is 76.5 Å². The third-order valence-electron chi connectivity index (χ3n) is 4.11. The van der Waals surface area contributed by atoms with E-state index in [1.54, 1.807) is 13.8 Å². The van der Waals surface area contributed by atoms with E-state index in [1.165, 1.54) is 0 Å². The molecule has 0 radical (unpaired) electrons. The number of carbonyl (C=O) groups excluding carboxylic acids is 5. The van der Waals surface area contributed by atoms with Crippen LogP contribution in [0.25, 0.3) is 0 Å². The number of amides is 5. The highest BCUT2D eigenvalue weighted by atomic mass is 16.4. The number of nitrogens with one attached hydrogen (secondary N) is 3. The molecular weight excluding hydrogens is 416 g/mol. The number of carboxylic acids is 1. The molecule has 5 amide bonds. The predicted octanol–water partition coefficient (Wildman–Crippen LogP) is -4.36. The molecule has 0 aliphatic carbocycles. The quantitative estimate of drug-likeness (QED) is 0.128. The smallest absolute Gasteiger partial charge is 0.328 e. The highest BCUT2D eigenvalue weighted by Crippen LogP contribution is 2.06. The summed E-state index contributed by atoms with van der Waals surface area (Å²) < 4.78 is 0. The molecule has 176 valence electrons. The summed E-state index contributed by atoms with van der Waals surface area (Å²) >= 11 is 0. The minimum absolute atomic E-state index is 0.259. The van der Waals surface area contributed by atoms with Crippen LogP contribution in [0.15, 0.2) is 0 Å². The number of hydrogen-bond donors (Lipinski definition) is 8. The predicted molar refractivity (Wildman–Crippen MR) is 106 cm³/mol. The molecule has 0 rings (SSSR count). The molecular formula is C17H30N6O8. The van der Waals surface area contributed by atoms with E-state index in [9.17, 15) is 28.8 Å². The molecule has 0 aromatic heterocycles. The van der Waals surface area contributed by atoms with E-state index in [0.29, 0.717) is 0 Å². The molecule has 4 atom stereocenters. The molecule has 0 aromatic rings. The van der Waals surface area contributed by atoms with Crippen LogP contribution in [0.4, 0.5) is 0 Å². The van der Waals surface area contributed by atoms with Gasteiger partial charge in [-0.3, -0.25) is 24.0 Å². The Labute approximate surface area is 178 Å². The molecule has 0 heterocycles. The third kappa shape index (κ3) is 10.4. The fourth-order valence-corrected chi connectivity index (χ4v) is 2.38. The molecule has 14 heteroatoms. The van der Waals surface area contributed by atoms with Crippen molar-refractivity contribution in [3.8, 4) is 0 Å². The lowest BCUT2D eigenvalue weighted by Crippen LogP contribution is -2.59. The number of primary amides is 2. The summed E-state index contributed by atoms with van der Waals surface area (Å²) in [6, 6.07) is -5.48. The van der Waals surface area contributed by atoms with Crippen molar-refractivity contribution in [1.29, 1.82) is 0 Å². The zero-order valence-corrected chi connectivity index (χ0v) is 17.3. The lowest BCUT2D eigenvalue weighted by Gasteiger charge is -2.26. The summed E-state index contributed by atoms with van der Waals surface area (Å²) in [5.41, 5.74) is 15.6. The summed E-state index contributed by atoms with van der Waals surface area (Å²) in [7, 11) is 0. The van der Waals surface area contributed by atoms with Crippen molar-refractivity contribution in [2.24, 2.45) is 23.1 Å². The van der Waals surface area contributed by atoms with E-state index in [1.807, 2.05) is 5.32 Å². The number of aliphatic hydroxyl groups is 1. The van der Waals surface area contributed by atoms with Crippen molar-refractivity contribution in [2.45, 2.75) is 57.3 Å². The zero-order chi connectivity index (χ0) is 24.3. The first-order valence-electron chi connectivity index (χ1n) is 9.37.